The maximum absolute atomic E-state index is 12.2. The second-order valence-corrected chi connectivity index (χ2v) is 6.71. The number of carboxylic acid groups (broad SMARTS) is 1. The Morgan fingerprint density at radius 2 is 2.00 bits per heavy atom. The second-order valence-electron chi connectivity index (χ2n) is 5.65. The molecule has 5 nitrogen and oxygen atoms in total. The molecule has 2 aromatic rings. The minimum atomic E-state index is -0.751. The standard InChI is InChI=1S/C18H22N2O3S/c1-13-20-16(12-24-13)14-7-6-8-15(11-14)18(23)19-10-5-3-2-4-9-17(21)22/h6-8,11-12H,2-5,9-10H2,1H3,(H,19,23)(H,21,22). The first-order chi connectivity index (χ1) is 11.6. The molecule has 0 aliphatic rings. The van der Waals surface area contributed by atoms with Crippen molar-refractivity contribution in [2.45, 2.75) is 39.0 Å². The molecule has 2 rings (SSSR count). The van der Waals surface area contributed by atoms with E-state index in [1.54, 1.807) is 17.4 Å². The molecule has 1 aromatic carbocycles. The number of aliphatic carboxylic acids is 1. The lowest BCUT2D eigenvalue weighted by Crippen LogP contribution is -2.24. The number of aromatic nitrogens is 1. The lowest BCUT2D eigenvalue weighted by molar-refractivity contribution is -0.137. The molecule has 6 heteroatoms. The number of carbonyl (C=O) groups is 2. The van der Waals surface area contributed by atoms with Crippen molar-refractivity contribution in [1.82, 2.24) is 10.3 Å². The van der Waals surface area contributed by atoms with Gasteiger partial charge in [-0.3, -0.25) is 9.59 Å². The second kappa shape index (κ2) is 9.17. The number of hydrogen-bond acceptors (Lipinski definition) is 4. The molecule has 1 aromatic heterocycles. The van der Waals surface area contributed by atoms with Crippen molar-refractivity contribution in [3.63, 3.8) is 0 Å². The first-order valence-electron chi connectivity index (χ1n) is 8.09. The van der Waals surface area contributed by atoms with Crippen LogP contribution >= 0.6 is 11.3 Å². The Morgan fingerprint density at radius 1 is 1.21 bits per heavy atom. The molecule has 1 amide bonds. The summed E-state index contributed by atoms with van der Waals surface area (Å²) in [5.74, 6) is -0.840. The Labute approximate surface area is 145 Å². The quantitative estimate of drug-likeness (QED) is 0.675. The van der Waals surface area contributed by atoms with E-state index >= 15 is 0 Å². The summed E-state index contributed by atoms with van der Waals surface area (Å²) in [4.78, 5) is 27.1. The summed E-state index contributed by atoms with van der Waals surface area (Å²) in [6.07, 6.45) is 3.57. The summed E-state index contributed by atoms with van der Waals surface area (Å²) >= 11 is 1.59. The van der Waals surface area contributed by atoms with Crippen LogP contribution in [0.2, 0.25) is 0 Å². The molecule has 1 heterocycles. The number of carboxylic acids is 1. The molecule has 0 fully saturated rings. The fraction of sp³-hybridized carbons (Fsp3) is 0.389. The van der Waals surface area contributed by atoms with E-state index in [9.17, 15) is 9.59 Å². The number of carbonyl (C=O) groups excluding carboxylic acids is 1. The van der Waals surface area contributed by atoms with E-state index in [1.807, 2.05) is 30.5 Å². The Kier molecular flexibility index (Phi) is 6.93. The van der Waals surface area contributed by atoms with Crippen LogP contribution in [0, 0.1) is 6.92 Å². The summed E-state index contributed by atoms with van der Waals surface area (Å²) in [7, 11) is 0. The highest BCUT2D eigenvalue weighted by Gasteiger charge is 2.08. The summed E-state index contributed by atoms with van der Waals surface area (Å²) in [5, 5.41) is 14.5. The maximum atomic E-state index is 12.2. The van der Waals surface area contributed by atoms with Crippen LogP contribution in [0.25, 0.3) is 11.3 Å². The topological polar surface area (TPSA) is 79.3 Å². The van der Waals surface area contributed by atoms with Crippen LogP contribution in [0.4, 0.5) is 0 Å². The largest absolute Gasteiger partial charge is 0.481 e. The molecule has 0 spiro atoms. The van der Waals surface area contributed by atoms with E-state index in [-0.39, 0.29) is 12.3 Å². The minimum Gasteiger partial charge on any atom is -0.481 e. The molecule has 0 saturated carbocycles. The molecule has 0 radical (unpaired) electrons. The number of benzene rings is 1. The number of amides is 1. The monoisotopic (exact) mass is 346 g/mol. The molecule has 0 bridgehead atoms. The number of nitrogens with zero attached hydrogens (tertiary/aromatic N) is 1. The van der Waals surface area contributed by atoms with Gasteiger partial charge in [0.2, 0.25) is 0 Å². The molecule has 0 atom stereocenters. The number of rotatable bonds is 9. The van der Waals surface area contributed by atoms with Gasteiger partial charge in [0, 0.05) is 29.5 Å². The lowest BCUT2D eigenvalue weighted by Gasteiger charge is -2.06. The fourth-order valence-corrected chi connectivity index (χ4v) is 3.00. The van der Waals surface area contributed by atoms with Crippen molar-refractivity contribution >= 4 is 23.2 Å². The van der Waals surface area contributed by atoms with Crippen molar-refractivity contribution < 1.29 is 14.7 Å². The Bertz CT molecular complexity index is 697. The van der Waals surface area contributed by atoms with Crippen molar-refractivity contribution in [3.8, 4) is 11.3 Å². The maximum Gasteiger partial charge on any atom is 0.303 e. The van der Waals surface area contributed by atoms with Gasteiger partial charge in [-0.15, -0.1) is 11.3 Å². The third-order valence-corrected chi connectivity index (χ3v) is 4.42. The first kappa shape index (κ1) is 18.1. The van der Waals surface area contributed by atoms with Gasteiger partial charge in [-0.05, 0) is 31.9 Å². The molecule has 0 aliphatic heterocycles. The Hall–Kier alpha value is -2.21. The number of hydrogen-bond donors (Lipinski definition) is 2. The average Bonchev–Trinajstić information content (AvgIpc) is 3.00. The number of nitrogens with one attached hydrogen (secondary N) is 1. The van der Waals surface area contributed by atoms with E-state index in [2.05, 4.69) is 10.3 Å². The molecular weight excluding hydrogens is 324 g/mol. The normalized spacial score (nSPS) is 10.5. The molecule has 2 N–H and O–H groups in total. The third kappa shape index (κ3) is 5.77. The zero-order valence-electron chi connectivity index (χ0n) is 13.7. The van der Waals surface area contributed by atoms with Gasteiger partial charge >= 0.3 is 5.97 Å². The van der Waals surface area contributed by atoms with Crippen LogP contribution < -0.4 is 5.32 Å². The van der Waals surface area contributed by atoms with Crippen molar-refractivity contribution in [1.29, 1.82) is 0 Å². The van der Waals surface area contributed by atoms with Gasteiger partial charge in [-0.25, -0.2) is 4.98 Å². The van der Waals surface area contributed by atoms with Crippen LogP contribution in [0.3, 0.4) is 0 Å². The van der Waals surface area contributed by atoms with Crippen molar-refractivity contribution in [2.75, 3.05) is 6.54 Å². The molecule has 24 heavy (non-hydrogen) atoms. The number of thiazole rings is 1. The van der Waals surface area contributed by atoms with Crippen LogP contribution in [-0.2, 0) is 4.79 Å². The highest BCUT2D eigenvalue weighted by Crippen LogP contribution is 2.22. The zero-order valence-corrected chi connectivity index (χ0v) is 14.6. The average molecular weight is 346 g/mol. The molecule has 0 aliphatic carbocycles. The molecular formula is C18H22N2O3S. The van der Waals surface area contributed by atoms with Gasteiger partial charge in [-0.2, -0.15) is 0 Å². The summed E-state index contributed by atoms with van der Waals surface area (Å²) in [6, 6.07) is 7.47. The summed E-state index contributed by atoms with van der Waals surface area (Å²) in [6.45, 7) is 2.56. The fourth-order valence-electron chi connectivity index (χ4n) is 2.37. The van der Waals surface area contributed by atoms with E-state index < -0.39 is 5.97 Å². The first-order valence-corrected chi connectivity index (χ1v) is 8.97. The van der Waals surface area contributed by atoms with Gasteiger partial charge in [0.25, 0.3) is 5.91 Å². The van der Waals surface area contributed by atoms with Gasteiger partial charge < -0.3 is 10.4 Å². The van der Waals surface area contributed by atoms with E-state index in [0.29, 0.717) is 18.5 Å². The van der Waals surface area contributed by atoms with Crippen molar-refractivity contribution in [3.05, 3.63) is 40.2 Å². The summed E-state index contributed by atoms with van der Waals surface area (Å²) in [5.41, 5.74) is 2.47. The minimum absolute atomic E-state index is 0.0886. The van der Waals surface area contributed by atoms with Crippen LogP contribution in [-0.4, -0.2) is 28.5 Å². The van der Waals surface area contributed by atoms with Crippen LogP contribution in [0.15, 0.2) is 29.6 Å². The molecule has 0 unspecified atom stereocenters. The Morgan fingerprint density at radius 3 is 2.71 bits per heavy atom. The lowest BCUT2D eigenvalue weighted by atomic mass is 10.1. The van der Waals surface area contributed by atoms with Gasteiger partial charge in [0.15, 0.2) is 0 Å². The SMILES string of the molecule is Cc1nc(-c2cccc(C(=O)NCCCCCCC(=O)O)c2)cs1. The highest BCUT2D eigenvalue weighted by atomic mass is 32.1. The van der Waals surface area contributed by atoms with Gasteiger partial charge in [0.1, 0.15) is 0 Å². The van der Waals surface area contributed by atoms with E-state index in [0.717, 1.165) is 35.5 Å². The molecule has 128 valence electrons. The van der Waals surface area contributed by atoms with Crippen molar-refractivity contribution in [2.24, 2.45) is 0 Å². The number of unbranched alkanes of at least 4 members (excludes halogenated alkanes) is 3. The van der Waals surface area contributed by atoms with E-state index in [4.69, 9.17) is 5.11 Å². The predicted molar refractivity (Wildman–Crippen MR) is 95.3 cm³/mol. The van der Waals surface area contributed by atoms with Crippen LogP contribution in [0.5, 0.6) is 0 Å². The Balaban J connectivity index is 1.77. The smallest absolute Gasteiger partial charge is 0.303 e. The highest BCUT2D eigenvalue weighted by molar-refractivity contribution is 7.09. The number of aryl methyl sites for hydroxylation is 1. The predicted octanol–water partition coefficient (Wildman–Crippen LogP) is 3.88. The summed E-state index contributed by atoms with van der Waals surface area (Å²) < 4.78 is 0. The molecule has 0 saturated heterocycles. The van der Waals surface area contributed by atoms with Gasteiger partial charge in [0.05, 0.1) is 10.7 Å². The van der Waals surface area contributed by atoms with Gasteiger partial charge in [-0.1, -0.05) is 25.0 Å². The van der Waals surface area contributed by atoms with Crippen LogP contribution in [0.1, 0.15) is 47.5 Å². The third-order valence-electron chi connectivity index (χ3n) is 3.64. The zero-order chi connectivity index (χ0) is 17.4. The van der Waals surface area contributed by atoms with E-state index in [1.165, 1.54) is 0 Å².